The molecule has 2 unspecified atom stereocenters. The van der Waals surface area contributed by atoms with Gasteiger partial charge in [0.2, 0.25) is 0 Å². The molecule has 0 fully saturated rings. The molecular formula is C48H39NO. The first-order valence-corrected chi connectivity index (χ1v) is 18.2. The van der Waals surface area contributed by atoms with Gasteiger partial charge in [-0.15, -0.1) is 0 Å². The molecule has 2 atom stereocenters. The van der Waals surface area contributed by atoms with E-state index < -0.39 is 0 Å². The molecule has 2 heteroatoms. The number of fused-ring (bicyclic) bond motifs is 5. The number of ether oxygens (including phenoxy) is 1. The molecule has 0 amide bonds. The summed E-state index contributed by atoms with van der Waals surface area (Å²) >= 11 is 0. The Morgan fingerprint density at radius 3 is 2.40 bits per heavy atom. The zero-order valence-corrected chi connectivity index (χ0v) is 28.6. The van der Waals surface area contributed by atoms with Gasteiger partial charge in [-0.2, -0.15) is 0 Å². The largest absolute Gasteiger partial charge is 0.482 e. The normalized spacial score (nSPS) is 18.8. The third-order valence-corrected chi connectivity index (χ3v) is 11.3. The van der Waals surface area contributed by atoms with Crippen LogP contribution in [0.15, 0.2) is 145 Å². The second-order valence-corrected chi connectivity index (χ2v) is 14.2. The first-order chi connectivity index (χ1) is 24.7. The number of hydrogen-bond acceptors (Lipinski definition) is 2. The van der Waals surface area contributed by atoms with Crippen molar-refractivity contribution in [3.8, 4) is 28.0 Å². The number of nitrogens with zero attached hydrogens (tertiary/aromatic N) is 1. The SMILES string of the molecule is CCC1=CC(C)c2cccc3c2N1C1=CC=C(c2ccc4c(-c5ccccc5)c5ccccc5c(-c5cccc6c5C=CCC6)c4c2)CC1O3. The van der Waals surface area contributed by atoms with Gasteiger partial charge in [0.1, 0.15) is 11.9 Å². The first-order valence-electron chi connectivity index (χ1n) is 18.2. The Morgan fingerprint density at radius 1 is 0.740 bits per heavy atom. The van der Waals surface area contributed by atoms with E-state index >= 15 is 0 Å². The van der Waals surface area contributed by atoms with E-state index in [1.807, 2.05) is 0 Å². The summed E-state index contributed by atoms with van der Waals surface area (Å²) in [5.41, 5.74) is 15.7. The molecule has 4 aliphatic rings. The lowest BCUT2D eigenvalue weighted by molar-refractivity contribution is 0.228. The zero-order chi connectivity index (χ0) is 33.3. The van der Waals surface area contributed by atoms with E-state index in [1.165, 1.54) is 88.7 Å². The van der Waals surface area contributed by atoms with E-state index in [2.05, 4.69) is 158 Å². The molecule has 0 spiro atoms. The molecule has 0 bridgehead atoms. The molecule has 50 heavy (non-hydrogen) atoms. The summed E-state index contributed by atoms with van der Waals surface area (Å²) in [5.74, 6) is 1.37. The van der Waals surface area contributed by atoms with E-state index in [0.29, 0.717) is 5.92 Å². The Bertz CT molecular complexity index is 2490. The van der Waals surface area contributed by atoms with Crippen molar-refractivity contribution in [2.45, 2.75) is 51.6 Å². The van der Waals surface area contributed by atoms with Crippen LogP contribution < -0.4 is 9.64 Å². The molecule has 0 aromatic heterocycles. The lowest BCUT2D eigenvalue weighted by Crippen LogP contribution is -2.40. The fourth-order valence-electron chi connectivity index (χ4n) is 9.03. The van der Waals surface area contributed by atoms with Crippen molar-refractivity contribution in [3.05, 3.63) is 167 Å². The van der Waals surface area contributed by atoms with Gasteiger partial charge in [0, 0.05) is 18.0 Å². The Balaban J connectivity index is 1.20. The lowest BCUT2D eigenvalue weighted by Gasteiger charge is -2.45. The fraction of sp³-hybridized carbons (Fsp3) is 0.167. The van der Waals surface area contributed by atoms with Gasteiger partial charge in [-0.25, -0.2) is 0 Å². The maximum absolute atomic E-state index is 6.87. The summed E-state index contributed by atoms with van der Waals surface area (Å²) in [6.07, 6.45) is 15.7. The van der Waals surface area contributed by atoms with Crippen molar-refractivity contribution in [1.29, 1.82) is 0 Å². The second kappa shape index (κ2) is 11.5. The summed E-state index contributed by atoms with van der Waals surface area (Å²) in [6, 6.07) is 40.6. The van der Waals surface area contributed by atoms with Crippen LogP contribution in [0.1, 0.15) is 61.3 Å². The molecule has 0 saturated heterocycles. The van der Waals surface area contributed by atoms with Crippen LogP contribution in [-0.4, -0.2) is 6.10 Å². The topological polar surface area (TPSA) is 12.5 Å². The average Bonchev–Trinajstić information content (AvgIpc) is 3.17. The van der Waals surface area contributed by atoms with E-state index in [4.69, 9.17) is 4.74 Å². The van der Waals surface area contributed by atoms with E-state index in [9.17, 15) is 0 Å². The van der Waals surface area contributed by atoms with Crippen molar-refractivity contribution in [2.24, 2.45) is 0 Å². The minimum Gasteiger partial charge on any atom is -0.482 e. The van der Waals surface area contributed by atoms with Crippen LogP contribution in [0.5, 0.6) is 5.75 Å². The minimum atomic E-state index is -0.0426. The molecule has 6 aromatic rings. The Hall–Kier alpha value is -5.60. The van der Waals surface area contributed by atoms with Crippen LogP contribution >= 0.6 is 0 Å². The Labute approximate surface area is 294 Å². The quantitative estimate of drug-likeness (QED) is 0.177. The van der Waals surface area contributed by atoms with Crippen LogP contribution in [0.2, 0.25) is 0 Å². The smallest absolute Gasteiger partial charge is 0.144 e. The van der Waals surface area contributed by atoms with Crippen LogP contribution in [0, 0.1) is 0 Å². The summed E-state index contributed by atoms with van der Waals surface area (Å²) in [7, 11) is 0. The van der Waals surface area contributed by atoms with E-state index in [-0.39, 0.29) is 6.10 Å². The van der Waals surface area contributed by atoms with Crippen molar-refractivity contribution >= 4 is 38.9 Å². The molecule has 0 N–H and O–H groups in total. The van der Waals surface area contributed by atoms with E-state index in [1.54, 1.807) is 0 Å². The third kappa shape index (κ3) is 4.41. The number of anilines is 1. The number of benzene rings is 6. The highest BCUT2D eigenvalue weighted by Crippen LogP contribution is 2.52. The molecule has 10 rings (SSSR count). The highest BCUT2D eigenvalue weighted by atomic mass is 16.5. The molecule has 0 radical (unpaired) electrons. The number of rotatable bonds is 4. The van der Waals surface area contributed by atoms with Gasteiger partial charge in [0.15, 0.2) is 0 Å². The summed E-state index contributed by atoms with van der Waals surface area (Å²) < 4.78 is 6.87. The molecule has 2 heterocycles. The average molecular weight is 646 g/mol. The Morgan fingerprint density at radius 2 is 1.54 bits per heavy atom. The fourth-order valence-corrected chi connectivity index (χ4v) is 9.03. The lowest BCUT2D eigenvalue weighted by atomic mass is 9.81. The summed E-state index contributed by atoms with van der Waals surface area (Å²) in [6.45, 7) is 4.56. The molecule has 6 aromatic carbocycles. The predicted octanol–water partition coefficient (Wildman–Crippen LogP) is 12.6. The number of para-hydroxylation sites is 1. The number of allylic oxidation sites excluding steroid dienone is 5. The highest BCUT2D eigenvalue weighted by molar-refractivity contribution is 6.22. The van der Waals surface area contributed by atoms with Crippen molar-refractivity contribution in [2.75, 3.05) is 4.90 Å². The van der Waals surface area contributed by atoms with Gasteiger partial charge in [0.25, 0.3) is 0 Å². The first kappa shape index (κ1) is 29.3. The van der Waals surface area contributed by atoms with Gasteiger partial charge in [-0.05, 0) is 109 Å². The monoisotopic (exact) mass is 645 g/mol. The maximum atomic E-state index is 6.87. The van der Waals surface area contributed by atoms with Crippen LogP contribution in [-0.2, 0) is 6.42 Å². The van der Waals surface area contributed by atoms with Crippen molar-refractivity contribution < 1.29 is 4.74 Å². The number of hydrogen-bond donors (Lipinski definition) is 0. The molecule has 2 aliphatic heterocycles. The maximum Gasteiger partial charge on any atom is 0.144 e. The van der Waals surface area contributed by atoms with Crippen LogP contribution in [0.25, 0.3) is 55.4 Å². The van der Waals surface area contributed by atoms with E-state index in [0.717, 1.165) is 31.4 Å². The number of aryl methyl sites for hydroxylation is 1. The van der Waals surface area contributed by atoms with Gasteiger partial charge in [-0.3, -0.25) is 0 Å². The van der Waals surface area contributed by atoms with Crippen LogP contribution in [0.3, 0.4) is 0 Å². The molecule has 2 aliphatic carbocycles. The zero-order valence-electron chi connectivity index (χ0n) is 28.6. The minimum absolute atomic E-state index is 0.0426. The molecule has 0 saturated carbocycles. The molecule has 2 nitrogen and oxygen atoms in total. The second-order valence-electron chi connectivity index (χ2n) is 14.2. The molecule has 242 valence electrons. The van der Waals surface area contributed by atoms with Crippen molar-refractivity contribution in [3.63, 3.8) is 0 Å². The Kier molecular flexibility index (Phi) is 6.74. The molecular weight excluding hydrogens is 607 g/mol. The summed E-state index contributed by atoms with van der Waals surface area (Å²) in [4.78, 5) is 2.49. The van der Waals surface area contributed by atoms with Gasteiger partial charge in [-0.1, -0.05) is 135 Å². The van der Waals surface area contributed by atoms with Crippen molar-refractivity contribution in [1.82, 2.24) is 0 Å². The summed E-state index contributed by atoms with van der Waals surface area (Å²) in [5, 5.41) is 5.17. The van der Waals surface area contributed by atoms with Gasteiger partial charge in [0.05, 0.1) is 11.4 Å². The predicted molar refractivity (Wildman–Crippen MR) is 210 cm³/mol. The van der Waals surface area contributed by atoms with Crippen LogP contribution in [0.4, 0.5) is 5.69 Å². The third-order valence-electron chi connectivity index (χ3n) is 11.3. The highest BCUT2D eigenvalue weighted by Gasteiger charge is 2.38. The van der Waals surface area contributed by atoms with Gasteiger partial charge < -0.3 is 9.64 Å². The standard InChI is InChI=1S/C48H39NO/c1-3-35-27-30(2)36-20-12-22-44-48(36)49(35)43-26-24-34(29-45(43)50-44)33-23-25-41-42(28-33)47(38-21-11-16-31-13-7-8-17-37(31)38)40-19-10-9-18-39(40)46(41)32-14-5-4-6-15-32/h4-6,8-12,14-28,30,45H,3,7,13,29H2,1-2H3. The van der Waals surface area contributed by atoms with Gasteiger partial charge >= 0.3 is 0 Å².